The molecule has 0 atom stereocenters. The van der Waals surface area contributed by atoms with Crippen LogP contribution >= 0.6 is 11.3 Å². The van der Waals surface area contributed by atoms with Crippen molar-refractivity contribution in [2.24, 2.45) is 0 Å². The van der Waals surface area contributed by atoms with Crippen molar-refractivity contribution in [3.8, 4) is 0 Å². The topological polar surface area (TPSA) is 80.9 Å². The Morgan fingerprint density at radius 1 is 1.33 bits per heavy atom. The van der Waals surface area contributed by atoms with E-state index in [0.29, 0.717) is 18.1 Å². The molecule has 0 saturated heterocycles. The normalized spacial score (nSPS) is 10.7. The number of fused-ring (bicyclic) bond motifs is 1. The number of hydrogen-bond acceptors (Lipinski definition) is 5. The first kappa shape index (κ1) is 13.5. The van der Waals surface area contributed by atoms with Gasteiger partial charge in [0.15, 0.2) is 0 Å². The molecular weight excluding hydrogens is 284 g/mol. The quantitative estimate of drug-likeness (QED) is 0.778. The Labute approximate surface area is 125 Å². The van der Waals surface area contributed by atoms with Crippen molar-refractivity contribution in [1.82, 2.24) is 15.3 Å². The van der Waals surface area contributed by atoms with E-state index in [1.54, 1.807) is 6.07 Å². The third-order valence-electron chi connectivity index (χ3n) is 3.07. The lowest BCUT2D eigenvalue weighted by Crippen LogP contribution is -2.24. The van der Waals surface area contributed by atoms with Crippen LogP contribution in [0.5, 0.6) is 0 Å². The minimum atomic E-state index is -0.250. The third-order valence-corrected chi connectivity index (χ3v) is 4.04. The number of nitrogens with two attached hydrogens (primary N) is 1. The number of aromatic nitrogens is 2. The first-order valence-corrected chi connectivity index (χ1v) is 7.36. The van der Waals surface area contributed by atoms with Crippen molar-refractivity contribution in [2.75, 3.05) is 5.73 Å². The van der Waals surface area contributed by atoms with Gasteiger partial charge in [-0.25, -0.2) is 9.97 Å². The van der Waals surface area contributed by atoms with E-state index < -0.39 is 0 Å². The van der Waals surface area contributed by atoms with Gasteiger partial charge in [0.1, 0.15) is 16.5 Å². The minimum absolute atomic E-state index is 0.250. The largest absolute Gasteiger partial charge is 0.383 e. The summed E-state index contributed by atoms with van der Waals surface area (Å²) < 4.78 is 0. The zero-order valence-electron chi connectivity index (χ0n) is 11.5. The number of nitrogens with zero attached hydrogens (tertiary/aromatic N) is 2. The Morgan fingerprint density at radius 2 is 2.14 bits per heavy atom. The lowest BCUT2D eigenvalue weighted by molar-refractivity contribution is 0.0946. The number of aryl methyl sites for hydroxylation is 1. The molecule has 1 aromatic carbocycles. The number of thiazole rings is 1. The van der Waals surface area contributed by atoms with Crippen LogP contribution in [-0.4, -0.2) is 15.9 Å². The van der Waals surface area contributed by atoms with E-state index in [1.807, 2.05) is 36.6 Å². The smallest absolute Gasteiger partial charge is 0.270 e. The zero-order chi connectivity index (χ0) is 14.8. The van der Waals surface area contributed by atoms with Crippen LogP contribution in [-0.2, 0) is 6.54 Å². The molecule has 3 rings (SSSR count). The van der Waals surface area contributed by atoms with E-state index >= 15 is 0 Å². The summed E-state index contributed by atoms with van der Waals surface area (Å²) in [6, 6.07) is 9.34. The molecule has 2 heterocycles. The van der Waals surface area contributed by atoms with E-state index in [1.165, 1.54) is 11.3 Å². The number of benzene rings is 1. The molecule has 0 fully saturated rings. The second-order valence-corrected chi connectivity index (χ2v) is 5.62. The highest BCUT2D eigenvalue weighted by Crippen LogP contribution is 2.20. The maximum Gasteiger partial charge on any atom is 0.270 e. The van der Waals surface area contributed by atoms with Gasteiger partial charge in [-0.1, -0.05) is 24.3 Å². The van der Waals surface area contributed by atoms with Crippen LogP contribution in [0.25, 0.3) is 10.8 Å². The van der Waals surface area contributed by atoms with Crippen molar-refractivity contribution in [2.45, 2.75) is 13.5 Å². The molecule has 5 nitrogen and oxygen atoms in total. The van der Waals surface area contributed by atoms with Crippen LogP contribution < -0.4 is 11.1 Å². The highest BCUT2D eigenvalue weighted by atomic mass is 32.1. The van der Waals surface area contributed by atoms with E-state index in [2.05, 4.69) is 15.3 Å². The van der Waals surface area contributed by atoms with E-state index in [4.69, 9.17) is 5.73 Å². The van der Waals surface area contributed by atoms with E-state index in [9.17, 15) is 4.79 Å². The number of hydrogen-bond donors (Lipinski definition) is 2. The number of anilines is 1. The maximum absolute atomic E-state index is 12.2. The van der Waals surface area contributed by atoms with E-state index in [-0.39, 0.29) is 5.91 Å². The lowest BCUT2D eigenvalue weighted by Gasteiger charge is -2.06. The van der Waals surface area contributed by atoms with Crippen LogP contribution in [0.2, 0.25) is 0 Å². The summed E-state index contributed by atoms with van der Waals surface area (Å²) in [5.41, 5.74) is 7.18. The fraction of sp³-hybridized carbons (Fsp3) is 0.133. The Morgan fingerprint density at radius 3 is 2.90 bits per heavy atom. The van der Waals surface area contributed by atoms with Gasteiger partial charge in [0.05, 0.1) is 6.54 Å². The maximum atomic E-state index is 12.2. The Balaban J connectivity index is 1.81. The number of carbonyl (C=O) groups is 1. The van der Waals surface area contributed by atoms with Crippen LogP contribution in [0.4, 0.5) is 5.82 Å². The molecule has 3 N–H and O–H groups in total. The fourth-order valence-electron chi connectivity index (χ4n) is 2.07. The lowest BCUT2D eigenvalue weighted by atomic mass is 10.1. The summed E-state index contributed by atoms with van der Waals surface area (Å²) in [4.78, 5) is 20.6. The number of pyridine rings is 1. The highest BCUT2D eigenvalue weighted by Gasteiger charge is 2.11. The average molecular weight is 298 g/mol. The van der Waals surface area contributed by atoms with Crippen LogP contribution in [0.1, 0.15) is 21.2 Å². The first-order valence-electron chi connectivity index (χ1n) is 6.48. The summed E-state index contributed by atoms with van der Waals surface area (Å²) in [6.45, 7) is 2.32. The van der Waals surface area contributed by atoms with Crippen LogP contribution in [0.3, 0.4) is 0 Å². The molecule has 6 heteroatoms. The first-order chi connectivity index (χ1) is 10.1. The molecule has 0 saturated carbocycles. The number of nitrogen functional groups attached to an aromatic ring is 1. The van der Waals surface area contributed by atoms with Gasteiger partial charge in [0.25, 0.3) is 5.91 Å². The van der Waals surface area contributed by atoms with Gasteiger partial charge in [-0.15, -0.1) is 11.3 Å². The van der Waals surface area contributed by atoms with Crippen molar-refractivity contribution < 1.29 is 4.79 Å². The van der Waals surface area contributed by atoms with E-state index in [0.717, 1.165) is 21.5 Å². The fourth-order valence-corrected chi connectivity index (χ4v) is 2.78. The van der Waals surface area contributed by atoms with Gasteiger partial charge in [0.2, 0.25) is 0 Å². The summed E-state index contributed by atoms with van der Waals surface area (Å²) in [5, 5.41) is 7.39. The number of amides is 1. The summed E-state index contributed by atoms with van der Waals surface area (Å²) in [7, 11) is 0. The molecule has 106 valence electrons. The Kier molecular flexibility index (Phi) is 3.53. The number of carbonyl (C=O) groups excluding carboxylic acids is 1. The SMILES string of the molecule is Cc1csc(CNC(=O)c2cc3ccccc3c(N)n2)n1. The van der Waals surface area contributed by atoms with Crippen molar-refractivity contribution in [3.63, 3.8) is 0 Å². The Bertz CT molecular complexity index is 812. The number of nitrogens with one attached hydrogen (secondary N) is 1. The molecule has 1 amide bonds. The monoisotopic (exact) mass is 298 g/mol. The van der Waals surface area contributed by atoms with Crippen molar-refractivity contribution >= 4 is 33.8 Å². The van der Waals surface area contributed by atoms with Crippen LogP contribution in [0.15, 0.2) is 35.7 Å². The van der Waals surface area contributed by atoms with Crippen molar-refractivity contribution in [3.05, 3.63) is 52.1 Å². The average Bonchev–Trinajstić information content (AvgIpc) is 2.90. The molecule has 21 heavy (non-hydrogen) atoms. The number of rotatable bonds is 3. The van der Waals surface area contributed by atoms with Gasteiger partial charge in [0, 0.05) is 16.5 Å². The van der Waals surface area contributed by atoms with Gasteiger partial charge >= 0.3 is 0 Å². The van der Waals surface area contributed by atoms with Crippen molar-refractivity contribution in [1.29, 1.82) is 0 Å². The Hall–Kier alpha value is -2.47. The van der Waals surface area contributed by atoms with Gasteiger partial charge in [-0.3, -0.25) is 4.79 Å². The van der Waals surface area contributed by atoms with Gasteiger partial charge < -0.3 is 11.1 Å². The highest BCUT2D eigenvalue weighted by molar-refractivity contribution is 7.09. The molecule has 0 bridgehead atoms. The molecule has 0 aliphatic rings. The predicted octanol–water partition coefficient (Wildman–Crippen LogP) is 2.51. The second-order valence-electron chi connectivity index (χ2n) is 4.68. The second kappa shape index (κ2) is 5.49. The molecule has 0 radical (unpaired) electrons. The summed E-state index contributed by atoms with van der Waals surface area (Å²) in [5.74, 6) is 0.114. The summed E-state index contributed by atoms with van der Waals surface area (Å²) >= 11 is 1.52. The summed E-state index contributed by atoms with van der Waals surface area (Å²) in [6.07, 6.45) is 0. The molecule has 0 aliphatic carbocycles. The standard InChI is InChI=1S/C15H14N4OS/c1-9-8-21-13(18-9)7-17-15(20)12-6-10-4-2-3-5-11(10)14(16)19-12/h2-6,8H,7H2,1H3,(H2,16,19)(H,17,20). The van der Waals surface area contributed by atoms with Crippen LogP contribution in [0, 0.1) is 6.92 Å². The predicted molar refractivity (Wildman–Crippen MR) is 84.2 cm³/mol. The van der Waals surface area contributed by atoms with Gasteiger partial charge in [-0.05, 0) is 18.4 Å². The molecule has 0 unspecified atom stereocenters. The van der Waals surface area contributed by atoms with Gasteiger partial charge in [-0.2, -0.15) is 0 Å². The molecule has 3 aromatic rings. The molecular formula is C15H14N4OS. The zero-order valence-corrected chi connectivity index (χ0v) is 12.3. The molecule has 0 aliphatic heterocycles. The molecule has 0 spiro atoms. The molecule has 2 aromatic heterocycles. The third kappa shape index (κ3) is 2.85. The minimum Gasteiger partial charge on any atom is -0.383 e.